The van der Waals surface area contributed by atoms with Crippen molar-refractivity contribution >= 4 is 16.7 Å². The zero-order valence-corrected chi connectivity index (χ0v) is 9.34. The molecule has 18 heavy (non-hydrogen) atoms. The van der Waals surface area contributed by atoms with Gasteiger partial charge in [-0.25, -0.2) is 0 Å². The van der Waals surface area contributed by atoms with Gasteiger partial charge in [-0.15, -0.1) is 0 Å². The molecule has 0 bridgehead atoms. The molecule has 2 rings (SSSR count). The average Bonchev–Trinajstić information content (AvgIpc) is 2.36. The highest BCUT2D eigenvalue weighted by molar-refractivity contribution is 5.87. The molecular formula is C14H8N2O2. The van der Waals surface area contributed by atoms with E-state index in [2.05, 4.69) is 0 Å². The fourth-order valence-electron chi connectivity index (χ4n) is 1.82. The van der Waals surface area contributed by atoms with Gasteiger partial charge in [0.15, 0.2) is 0 Å². The molecule has 0 spiro atoms. The van der Waals surface area contributed by atoms with E-state index in [1.54, 1.807) is 30.3 Å². The van der Waals surface area contributed by atoms with Gasteiger partial charge in [-0.05, 0) is 28.5 Å². The molecule has 0 fully saturated rings. The summed E-state index contributed by atoms with van der Waals surface area (Å²) >= 11 is 0. The van der Waals surface area contributed by atoms with Crippen LogP contribution in [0.5, 0.6) is 0 Å². The Bertz CT molecular complexity index is 721. The summed E-state index contributed by atoms with van der Waals surface area (Å²) in [6.07, 6.45) is -0.0577. The average molecular weight is 236 g/mol. The van der Waals surface area contributed by atoms with Gasteiger partial charge in [0.1, 0.15) is 12.1 Å². The van der Waals surface area contributed by atoms with Gasteiger partial charge in [0.25, 0.3) is 0 Å². The first kappa shape index (κ1) is 11.6. The summed E-state index contributed by atoms with van der Waals surface area (Å²) in [6.45, 7) is 0. The van der Waals surface area contributed by atoms with Crippen LogP contribution in [0.3, 0.4) is 0 Å². The Kier molecular flexibility index (Phi) is 2.95. The van der Waals surface area contributed by atoms with Gasteiger partial charge in [-0.3, -0.25) is 4.79 Å². The fourth-order valence-corrected chi connectivity index (χ4v) is 1.82. The van der Waals surface area contributed by atoms with E-state index in [-0.39, 0.29) is 6.42 Å². The minimum atomic E-state index is -0.900. The second-order valence-electron chi connectivity index (χ2n) is 3.87. The van der Waals surface area contributed by atoms with Crippen LogP contribution in [0.15, 0.2) is 30.3 Å². The Morgan fingerprint density at radius 1 is 1.06 bits per heavy atom. The van der Waals surface area contributed by atoms with Crippen molar-refractivity contribution < 1.29 is 9.90 Å². The van der Waals surface area contributed by atoms with Crippen molar-refractivity contribution in [3.8, 4) is 12.1 Å². The predicted octanol–water partition coefficient (Wildman–Crippen LogP) is 2.21. The van der Waals surface area contributed by atoms with Crippen LogP contribution in [0.4, 0.5) is 0 Å². The van der Waals surface area contributed by atoms with Gasteiger partial charge in [0.2, 0.25) is 0 Å². The molecule has 2 aromatic carbocycles. The number of hydrogen-bond acceptors (Lipinski definition) is 3. The summed E-state index contributed by atoms with van der Waals surface area (Å²) in [5.41, 5.74) is 1.30. The summed E-state index contributed by atoms with van der Waals surface area (Å²) in [7, 11) is 0. The number of benzene rings is 2. The van der Waals surface area contributed by atoms with E-state index in [4.69, 9.17) is 15.6 Å². The Morgan fingerprint density at radius 3 is 2.22 bits per heavy atom. The third-order valence-electron chi connectivity index (χ3n) is 2.64. The maximum Gasteiger partial charge on any atom is 0.307 e. The van der Waals surface area contributed by atoms with Gasteiger partial charge in [-0.1, -0.05) is 18.2 Å². The molecule has 1 N–H and O–H groups in total. The molecule has 0 aliphatic carbocycles. The van der Waals surface area contributed by atoms with Gasteiger partial charge in [0, 0.05) is 0 Å². The van der Waals surface area contributed by atoms with E-state index in [1.165, 1.54) is 0 Å². The van der Waals surface area contributed by atoms with Crippen molar-refractivity contribution in [3.63, 3.8) is 0 Å². The molecule has 2 aromatic rings. The molecule has 0 aliphatic heterocycles. The largest absolute Gasteiger partial charge is 0.481 e. The summed E-state index contributed by atoms with van der Waals surface area (Å²) in [5, 5.41) is 28.1. The van der Waals surface area contributed by atoms with Crippen LogP contribution in [0.25, 0.3) is 10.8 Å². The van der Waals surface area contributed by atoms with Crippen LogP contribution in [-0.2, 0) is 11.2 Å². The van der Waals surface area contributed by atoms with Crippen LogP contribution < -0.4 is 0 Å². The number of fused-ring (bicyclic) bond motifs is 1. The summed E-state index contributed by atoms with van der Waals surface area (Å²) in [4.78, 5) is 10.6. The third-order valence-corrected chi connectivity index (χ3v) is 2.64. The number of nitrogens with zero attached hydrogens (tertiary/aromatic N) is 2. The maximum absolute atomic E-state index is 10.6. The van der Waals surface area contributed by atoms with Gasteiger partial charge in [0.05, 0.1) is 17.5 Å². The van der Waals surface area contributed by atoms with Crippen LogP contribution in [0, 0.1) is 22.7 Å². The summed E-state index contributed by atoms with van der Waals surface area (Å²) in [5.74, 6) is -0.900. The van der Waals surface area contributed by atoms with E-state index in [0.29, 0.717) is 16.7 Å². The minimum Gasteiger partial charge on any atom is -0.481 e. The van der Waals surface area contributed by atoms with E-state index in [0.717, 1.165) is 10.8 Å². The molecule has 0 unspecified atom stereocenters. The maximum atomic E-state index is 10.6. The van der Waals surface area contributed by atoms with Crippen LogP contribution in [0.1, 0.15) is 16.7 Å². The van der Waals surface area contributed by atoms with Gasteiger partial charge in [-0.2, -0.15) is 10.5 Å². The van der Waals surface area contributed by atoms with Crippen molar-refractivity contribution in [2.24, 2.45) is 0 Å². The molecule has 0 aromatic heterocycles. The lowest BCUT2D eigenvalue weighted by molar-refractivity contribution is -0.136. The molecule has 4 heteroatoms. The highest BCUT2D eigenvalue weighted by Crippen LogP contribution is 2.21. The van der Waals surface area contributed by atoms with Crippen LogP contribution >= 0.6 is 0 Å². The number of carbonyl (C=O) groups is 1. The number of nitriles is 2. The first-order valence-corrected chi connectivity index (χ1v) is 5.22. The summed E-state index contributed by atoms with van der Waals surface area (Å²) in [6, 6.07) is 12.4. The fraction of sp³-hybridized carbons (Fsp3) is 0.0714. The normalized spacial score (nSPS) is 9.67. The first-order chi connectivity index (χ1) is 8.63. The third kappa shape index (κ3) is 2.14. The number of carboxylic acid groups (broad SMARTS) is 1. The second-order valence-corrected chi connectivity index (χ2v) is 3.87. The predicted molar refractivity (Wildman–Crippen MR) is 64.7 cm³/mol. The standard InChI is InChI=1S/C14H8N2O2/c15-7-12-5-10-2-1-9(4-14(17)18)3-11(10)6-13(12)8-16/h1-3,5-6H,4H2,(H,17,18). The Hall–Kier alpha value is -2.85. The van der Waals surface area contributed by atoms with Gasteiger partial charge >= 0.3 is 5.97 Å². The molecule has 0 aliphatic rings. The molecule has 0 amide bonds. The number of aliphatic carboxylic acids is 1. The quantitative estimate of drug-likeness (QED) is 0.866. The van der Waals surface area contributed by atoms with E-state index in [9.17, 15) is 4.79 Å². The number of hydrogen-bond donors (Lipinski definition) is 1. The SMILES string of the molecule is N#Cc1cc2ccc(CC(=O)O)cc2cc1C#N. The molecule has 0 saturated carbocycles. The zero-order valence-electron chi connectivity index (χ0n) is 9.34. The zero-order chi connectivity index (χ0) is 13.1. The van der Waals surface area contributed by atoms with E-state index in [1.807, 2.05) is 12.1 Å². The molecule has 86 valence electrons. The molecule has 0 saturated heterocycles. The van der Waals surface area contributed by atoms with E-state index >= 15 is 0 Å². The molecular weight excluding hydrogens is 228 g/mol. The lowest BCUT2D eigenvalue weighted by Gasteiger charge is -2.03. The smallest absolute Gasteiger partial charge is 0.307 e. The van der Waals surface area contributed by atoms with Gasteiger partial charge < -0.3 is 5.11 Å². The highest BCUT2D eigenvalue weighted by Gasteiger charge is 2.06. The molecule has 0 heterocycles. The van der Waals surface area contributed by atoms with Crippen molar-refractivity contribution in [2.45, 2.75) is 6.42 Å². The Balaban J connectivity index is 2.61. The number of carboxylic acids is 1. The molecule has 4 nitrogen and oxygen atoms in total. The Labute approximate surface area is 103 Å². The van der Waals surface area contributed by atoms with Crippen LogP contribution in [0.2, 0.25) is 0 Å². The molecule has 0 atom stereocenters. The summed E-state index contributed by atoms with van der Waals surface area (Å²) < 4.78 is 0. The second kappa shape index (κ2) is 4.57. The first-order valence-electron chi connectivity index (χ1n) is 5.22. The van der Waals surface area contributed by atoms with Crippen molar-refractivity contribution in [1.29, 1.82) is 10.5 Å². The topological polar surface area (TPSA) is 84.9 Å². The lowest BCUT2D eigenvalue weighted by Crippen LogP contribution is -1.99. The van der Waals surface area contributed by atoms with Crippen molar-refractivity contribution in [3.05, 3.63) is 47.0 Å². The van der Waals surface area contributed by atoms with E-state index < -0.39 is 5.97 Å². The van der Waals surface area contributed by atoms with Crippen molar-refractivity contribution in [2.75, 3.05) is 0 Å². The molecule has 0 radical (unpaired) electrons. The minimum absolute atomic E-state index is 0.0577. The number of rotatable bonds is 2. The Morgan fingerprint density at radius 2 is 1.67 bits per heavy atom. The van der Waals surface area contributed by atoms with Crippen LogP contribution in [-0.4, -0.2) is 11.1 Å². The van der Waals surface area contributed by atoms with Crippen molar-refractivity contribution in [1.82, 2.24) is 0 Å². The highest BCUT2D eigenvalue weighted by atomic mass is 16.4. The monoisotopic (exact) mass is 236 g/mol. The lowest BCUT2D eigenvalue weighted by atomic mass is 9.99.